The average molecular weight is 308 g/mol. The molecule has 18 heavy (non-hydrogen) atoms. The first-order chi connectivity index (χ1) is 8.75. The number of nitrogen functional groups attached to an aromatic ring is 1. The molecule has 1 atom stereocenters. The van der Waals surface area contributed by atoms with E-state index in [0.717, 1.165) is 34.0 Å². The van der Waals surface area contributed by atoms with E-state index in [0.29, 0.717) is 12.4 Å². The van der Waals surface area contributed by atoms with Crippen LogP contribution in [0.4, 0.5) is 5.82 Å². The number of ether oxygens (including phenoxy) is 1. The van der Waals surface area contributed by atoms with Gasteiger partial charge < -0.3 is 15.8 Å². The molecule has 0 spiro atoms. The monoisotopic (exact) mass is 307 g/mol. The Kier molecular flexibility index (Phi) is 3.20. The fourth-order valence-electron chi connectivity index (χ4n) is 2.27. The van der Waals surface area contributed by atoms with Crippen molar-refractivity contribution < 1.29 is 4.74 Å². The maximum absolute atomic E-state index is 5.89. The highest BCUT2D eigenvalue weighted by Crippen LogP contribution is 2.31. The standard InChI is InChI=1S/C13H14BrN3O/c14-10-3-1-2-8-9(10)6-12(15)17-13(8)11-7-16-4-5-18-11/h1-3,6,11,16H,4-5,7H2,(H2,15,17). The van der Waals surface area contributed by atoms with Gasteiger partial charge in [-0.25, -0.2) is 4.98 Å². The van der Waals surface area contributed by atoms with Crippen molar-refractivity contribution in [2.45, 2.75) is 6.10 Å². The van der Waals surface area contributed by atoms with E-state index in [9.17, 15) is 0 Å². The summed E-state index contributed by atoms with van der Waals surface area (Å²) in [4.78, 5) is 4.46. The van der Waals surface area contributed by atoms with E-state index in [1.807, 2.05) is 18.2 Å². The van der Waals surface area contributed by atoms with Crippen LogP contribution in [-0.4, -0.2) is 24.7 Å². The van der Waals surface area contributed by atoms with Gasteiger partial charge in [-0.05, 0) is 12.1 Å². The molecule has 1 aliphatic rings. The fraction of sp³-hybridized carbons (Fsp3) is 0.308. The molecule has 1 unspecified atom stereocenters. The van der Waals surface area contributed by atoms with Gasteiger partial charge in [-0.1, -0.05) is 28.1 Å². The number of benzene rings is 1. The van der Waals surface area contributed by atoms with Crippen molar-refractivity contribution in [1.82, 2.24) is 10.3 Å². The second-order valence-electron chi connectivity index (χ2n) is 4.33. The van der Waals surface area contributed by atoms with E-state index in [-0.39, 0.29) is 6.10 Å². The minimum Gasteiger partial charge on any atom is -0.384 e. The number of fused-ring (bicyclic) bond motifs is 1. The van der Waals surface area contributed by atoms with Crippen LogP contribution in [0.1, 0.15) is 11.8 Å². The van der Waals surface area contributed by atoms with E-state index in [4.69, 9.17) is 10.5 Å². The second-order valence-corrected chi connectivity index (χ2v) is 5.19. The minimum atomic E-state index is -0.0287. The highest BCUT2D eigenvalue weighted by atomic mass is 79.9. The zero-order valence-corrected chi connectivity index (χ0v) is 11.4. The van der Waals surface area contributed by atoms with Crippen LogP contribution in [0, 0.1) is 0 Å². The Morgan fingerprint density at radius 2 is 2.28 bits per heavy atom. The summed E-state index contributed by atoms with van der Waals surface area (Å²) in [5.74, 6) is 0.526. The van der Waals surface area contributed by atoms with Crippen molar-refractivity contribution in [3.8, 4) is 0 Å². The number of nitrogens with two attached hydrogens (primary N) is 1. The lowest BCUT2D eigenvalue weighted by atomic mass is 10.1. The molecular weight excluding hydrogens is 294 g/mol. The highest BCUT2D eigenvalue weighted by molar-refractivity contribution is 9.10. The molecule has 0 aliphatic carbocycles. The van der Waals surface area contributed by atoms with Crippen LogP contribution in [0.3, 0.4) is 0 Å². The Morgan fingerprint density at radius 1 is 1.39 bits per heavy atom. The molecule has 2 heterocycles. The van der Waals surface area contributed by atoms with Crippen molar-refractivity contribution in [3.05, 3.63) is 34.4 Å². The zero-order chi connectivity index (χ0) is 12.5. The third kappa shape index (κ3) is 2.09. The molecule has 94 valence electrons. The fourth-order valence-corrected chi connectivity index (χ4v) is 2.75. The summed E-state index contributed by atoms with van der Waals surface area (Å²) in [6.07, 6.45) is -0.0287. The van der Waals surface area contributed by atoms with Crippen LogP contribution < -0.4 is 11.1 Å². The molecular formula is C13H14BrN3O. The average Bonchev–Trinajstić information content (AvgIpc) is 2.40. The van der Waals surface area contributed by atoms with Gasteiger partial charge in [-0.3, -0.25) is 0 Å². The number of anilines is 1. The lowest BCUT2D eigenvalue weighted by Gasteiger charge is -2.24. The molecule has 2 aromatic rings. The van der Waals surface area contributed by atoms with Gasteiger partial charge in [0.2, 0.25) is 0 Å². The van der Waals surface area contributed by atoms with Crippen LogP contribution in [0.2, 0.25) is 0 Å². The van der Waals surface area contributed by atoms with Gasteiger partial charge in [0.25, 0.3) is 0 Å². The molecule has 5 heteroatoms. The number of morpholine rings is 1. The third-order valence-corrected chi connectivity index (χ3v) is 3.79. The van der Waals surface area contributed by atoms with E-state index in [1.54, 1.807) is 0 Å². The number of nitrogens with zero attached hydrogens (tertiary/aromatic N) is 1. The molecule has 1 aromatic heterocycles. The van der Waals surface area contributed by atoms with Crippen LogP contribution in [0.25, 0.3) is 10.8 Å². The van der Waals surface area contributed by atoms with Crippen LogP contribution in [-0.2, 0) is 4.74 Å². The van der Waals surface area contributed by atoms with Gasteiger partial charge in [0, 0.05) is 28.3 Å². The smallest absolute Gasteiger partial charge is 0.124 e. The normalized spacial score (nSPS) is 20.2. The lowest BCUT2D eigenvalue weighted by molar-refractivity contribution is 0.0261. The Hall–Kier alpha value is -1.17. The molecule has 3 N–H and O–H groups in total. The van der Waals surface area contributed by atoms with Crippen molar-refractivity contribution in [1.29, 1.82) is 0 Å². The Morgan fingerprint density at radius 3 is 3.06 bits per heavy atom. The minimum absolute atomic E-state index is 0.0287. The van der Waals surface area contributed by atoms with Gasteiger partial charge in [0.1, 0.15) is 11.9 Å². The molecule has 0 amide bonds. The zero-order valence-electron chi connectivity index (χ0n) is 9.82. The van der Waals surface area contributed by atoms with E-state index in [2.05, 4.69) is 32.3 Å². The molecule has 3 rings (SSSR count). The van der Waals surface area contributed by atoms with E-state index < -0.39 is 0 Å². The summed E-state index contributed by atoms with van der Waals surface area (Å²) in [6.45, 7) is 2.37. The second kappa shape index (κ2) is 4.84. The predicted octanol–water partition coefficient (Wildman–Crippen LogP) is 2.24. The summed E-state index contributed by atoms with van der Waals surface area (Å²) in [7, 11) is 0. The molecule has 1 saturated heterocycles. The molecule has 0 bridgehead atoms. The van der Waals surface area contributed by atoms with Crippen molar-refractivity contribution >= 4 is 32.5 Å². The summed E-state index contributed by atoms with van der Waals surface area (Å²) < 4.78 is 6.80. The predicted molar refractivity (Wildman–Crippen MR) is 75.4 cm³/mol. The largest absolute Gasteiger partial charge is 0.384 e. The summed E-state index contributed by atoms with van der Waals surface area (Å²) >= 11 is 3.55. The molecule has 1 aromatic carbocycles. The first kappa shape index (κ1) is 11.9. The third-order valence-electron chi connectivity index (χ3n) is 3.10. The topological polar surface area (TPSA) is 60.2 Å². The molecule has 1 fully saturated rings. The number of rotatable bonds is 1. The number of nitrogens with one attached hydrogen (secondary N) is 1. The van der Waals surface area contributed by atoms with Crippen molar-refractivity contribution in [3.63, 3.8) is 0 Å². The Labute approximate surface area is 114 Å². The van der Waals surface area contributed by atoms with Gasteiger partial charge in [-0.2, -0.15) is 0 Å². The quantitative estimate of drug-likeness (QED) is 0.848. The molecule has 1 aliphatic heterocycles. The summed E-state index contributed by atoms with van der Waals surface area (Å²) in [5.41, 5.74) is 6.81. The lowest BCUT2D eigenvalue weighted by Crippen LogP contribution is -2.34. The van der Waals surface area contributed by atoms with Crippen LogP contribution in [0.15, 0.2) is 28.7 Å². The Balaban J connectivity index is 2.18. The number of pyridine rings is 1. The number of aromatic nitrogens is 1. The van der Waals surface area contributed by atoms with Gasteiger partial charge >= 0.3 is 0 Å². The summed E-state index contributed by atoms with van der Waals surface area (Å²) in [5, 5.41) is 5.48. The molecule has 0 radical (unpaired) electrons. The van der Waals surface area contributed by atoms with E-state index in [1.165, 1.54) is 0 Å². The van der Waals surface area contributed by atoms with Crippen molar-refractivity contribution in [2.75, 3.05) is 25.4 Å². The Bertz CT molecular complexity index is 582. The highest BCUT2D eigenvalue weighted by Gasteiger charge is 2.20. The van der Waals surface area contributed by atoms with Crippen LogP contribution in [0.5, 0.6) is 0 Å². The number of hydrogen-bond donors (Lipinski definition) is 2. The first-order valence-corrected chi connectivity index (χ1v) is 6.72. The maximum Gasteiger partial charge on any atom is 0.124 e. The van der Waals surface area contributed by atoms with Gasteiger partial charge in [0.05, 0.1) is 12.3 Å². The van der Waals surface area contributed by atoms with Gasteiger partial charge in [0.15, 0.2) is 0 Å². The maximum atomic E-state index is 5.89. The summed E-state index contributed by atoms with van der Waals surface area (Å²) in [6, 6.07) is 7.95. The molecule has 0 saturated carbocycles. The first-order valence-electron chi connectivity index (χ1n) is 5.92. The van der Waals surface area contributed by atoms with E-state index >= 15 is 0 Å². The van der Waals surface area contributed by atoms with Gasteiger partial charge in [-0.15, -0.1) is 0 Å². The van der Waals surface area contributed by atoms with Crippen molar-refractivity contribution in [2.24, 2.45) is 0 Å². The van der Waals surface area contributed by atoms with Crippen LogP contribution >= 0.6 is 15.9 Å². The molecule has 4 nitrogen and oxygen atoms in total. The number of hydrogen-bond acceptors (Lipinski definition) is 4. The number of halogens is 1. The SMILES string of the molecule is Nc1cc2c(Br)cccc2c(C2CNCCO2)n1.